The predicted octanol–water partition coefficient (Wildman–Crippen LogP) is 4.75. The molecule has 1 aromatic heterocycles. The minimum Gasteiger partial charge on any atom is -0.493 e. The van der Waals surface area contributed by atoms with Crippen molar-refractivity contribution in [1.82, 2.24) is 10.3 Å². The number of primary amides is 1. The summed E-state index contributed by atoms with van der Waals surface area (Å²) in [5.74, 6) is -1.60. The Morgan fingerprint density at radius 1 is 0.977 bits per heavy atom. The van der Waals surface area contributed by atoms with E-state index in [1.165, 1.54) is 24.3 Å². The van der Waals surface area contributed by atoms with Gasteiger partial charge in [0, 0.05) is 35.9 Å². The van der Waals surface area contributed by atoms with Crippen LogP contribution in [0.3, 0.4) is 0 Å². The van der Waals surface area contributed by atoms with Gasteiger partial charge >= 0.3 is 11.8 Å². The molecule has 11 heteroatoms. The van der Waals surface area contributed by atoms with Crippen LogP contribution in [0.5, 0.6) is 23.0 Å². The van der Waals surface area contributed by atoms with Crippen LogP contribution in [-0.2, 0) is 16.0 Å². The van der Waals surface area contributed by atoms with Gasteiger partial charge < -0.3 is 30.2 Å². The smallest absolute Gasteiger partial charge is 0.316 e. The van der Waals surface area contributed by atoms with E-state index in [0.29, 0.717) is 40.7 Å². The Bertz CT molecular complexity index is 1610. The zero-order chi connectivity index (χ0) is 30.3. The van der Waals surface area contributed by atoms with Crippen LogP contribution in [0, 0.1) is 17.6 Å². The van der Waals surface area contributed by atoms with Gasteiger partial charge in [-0.3, -0.25) is 14.6 Å². The van der Waals surface area contributed by atoms with Crippen molar-refractivity contribution in [3.63, 3.8) is 0 Å². The number of nitrogens with zero attached hydrogens (tertiary/aromatic N) is 2. The molecule has 1 fully saturated rings. The standard InChI is InChI=1S/C32H32F2N4O5/c1-41-29-17-24-26(18-30(29)42-19-21-8-12-36-13-9-21)37-14-10-27(24)43-28-7-6-23(16-25(28)34)38(32(40)31(35)39)15-11-20-2-4-22(33)5-3-20/h2-7,10,14,16-18,21,36H,8-9,11-13,15,19H2,1H3,(H2,35,39). The third kappa shape index (κ3) is 7.18. The van der Waals surface area contributed by atoms with Gasteiger partial charge in [-0.1, -0.05) is 12.1 Å². The number of methoxy groups -OCH3 is 1. The van der Waals surface area contributed by atoms with Crippen LogP contribution in [0.4, 0.5) is 14.5 Å². The first kappa shape index (κ1) is 29.7. The molecule has 0 atom stereocenters. The summed E-state index contributed by atoms with van der Waals surface area (Å²) in [4.78, 5) is 29.8. The minimum absolute atomic E-state index is 0.0177. The molecule has 0 radical (unpaired) electrons. The maximum absolute atomic E-state index is 15.4. The first-order chi connectivity index (χ1) is 20.8. The van der Waals surface area contributed by atoms with E-state index in [4.69, 9.17) is 19.9 Å². The van der Waals surface area contributed by atoms with E-state index < -0.39 is 23.4 Å². The quantitative estimate of drug-likeness (QED) is 0.256. The number of pyridine rings is 1. The molecule has 1 aliphatic rings. The number of rotatable bonds is 10. The molecule has 224 valence electrons. The highest BCUT2D eigenvalue weighted by atomic mass is 19.1. The SMILES string of the molecule is COc1cc2c(Oc3ccc(N(CCc4ccc(F)cc4)C(=O)C(N)=O)cc3F)ccnc2cc1OCC1CCNCC1. The number of nitrogens with two attached hydrogens (primary N) is 1. The van der Waals surface area contributed by atoms with E-state index in [-0.39, 0.29) is 24.4 Å². The average molecular weight is 591 g/mol. The number of anilines is 1. The number of carbonyl (C=O) groups excluding carboxylic acids is 2. The van der Waals surface area contributed by atoms with E-state index in [0.717, 1.165) is 42.5 Å². The minimum atomic E-state index is -1.18. The molecule has 43 heavy (non-hydrogen) atoms. The summed E-state index contributed by atoms with van der Waals surface area (Å²) in [5.41, 5.74) is 6.67. The summed E-state index contributed by atoms with van der Waals surface area (Å²) in [6.07, 6.45) is 3.92. The maximum Gasteiger partial charge on any atom is 0.316 e. The number of carbonyl (C=O) groups is 2. The molecular formula is C32H32F2N4O5. The van der Waals surface area contributed by atoms with E-state index >= 15 is 4.39 Å². The van der Waals surface area contributed by atoms with Gasteiger partial charge in [0.15, 0.2) is 23.1 Å². The normalized spacial score (nSPS) is 13.5. The van der Waals surface area contributed by atoms with Gasteiger partial charge in [-0.2, -0.15) is 0 Å². The lowest BCUT2D eigenvalue weighted by molar-refractivity contribution is -0.135. The largest absolute Gasteiger partial charge is 0.493 e. The molecule has 2 heterocycles. The second-order valence-corrected chi connectivity index (χ2v) is 10.2. The van der Waals surface area contributed by atoms with E-state index in [1.807, 2.05) is 0 Å². The molecule has 9 nitrogen and oxygen atoms in total. The highest BCUT2D eigenvalue weighted by Crippen LogP contribution is 2.38. The predicted molar refractivity (Wildman–Crippen MR) is 158 cm³/mol. The van der Waals surface area contributed by atoms with Crippen LogP contribution in [0.1, 0.15) is 18.4 Å². The van der Waals surface area contributed by atoms with Gasteiger partial charge in [0.05, 0.1) is 19.2 Å². The van der Waals surface area contributed by atoms with Crippen LogP contribution in [-0.4, -0.2) is 50.1 Å². The second-order valence-electron chi connectivity index (χ2n) is 10.2. The van der Waals surface area contributed by atoms with Crippen molar-refractivity contribution >= 4 is 28.4 Å². The lowest BCUT2D eigenvalue weighted by atomic mass is 9.99. The van der Waals surface area contributed by atoms with Crippen molar-refractivity contribution in [2.24, 2.45) is 11.7 Å². The Hall–Kier alpha value is -4.77. The second kappa shape index (κ2) is 13.5. The third-order valence-corrected chi connectivity index (χ3v) is 7.36. The summed E-state index contributed by atoms with van der Waals surface area (Å²) < 4.78 is 46.3. The monoisotopic (exact) mass is 590 g/mol. The van der Waals surface area contributed by atoms with Crippen molar-refractivity contribution in [2.75, 3.05) is 38.3 Å². The molecule has 0 spiro atoms. The van der Waals surface area contributed by atoms with Gasteiger partial charge in [0.2, 0.25) is 0 Å². The molecule has 3 N–H and O–H groups in total. The Morgan fingerprint density at radius 3 is 2.44 bits per heavy atom. The molecule has 4 aromatic rings. The van der Waals surface area contributed by atoms with Crippen molar-refractivity contribution in [1.29, 1.82) is 0 Å². The van der Waals surface area contributed by atoms with Crippen LogP contribution in [0.2, 0.25) is 0 Å². The van der Waals surface area contributed by atoms with Crippen LogP contribution < -0.4 is 30.2 Å². The number of piperidine rings is 1. The number of hydrogen-bond donors (Lipinski definition) is 2. The lowest BCUT2D eigenvalue weighted by Gasteiger charge is -2.23. The van der Waals surface area contributed by atoms with E-state index in [2.05, 4.69) is 10.3 Å². The van der Waals surface area contributed by atoms with Crippen molar-refractivity contribution < 1.29 is 32.6 Å². The molecule has 0 unspecified atom stereocenters. The number of nitrogens with one attached hydrogen (secondary N) is 1. The fraction of sp³-hybridized carbons (Fsp3) is 0.281. The molecule has 0 bridgehead atoms. The zero-order valence-corrected chi connectivity index (χ0v) is 23.6. The molecular weight excluding hydrogens is 558 g/mol. The summed E-state index contributed by atoms with van der Waals surface area (Å²) in [6, 6.07) is 14.8. The highest BCUT2D eigenvalue weighted by molar-refractivity contribution is 6.39. The number of halogens is 2. The van der Waals surface area contributed by atoms with Crippen LogP contribution in [0.15, 0.2) is 66.9 Å². The van der Waals surface area contributed by atoms with Gasteiger partial charge in [-0.15, -0.1) is 0 Å². The summed E-state index contributed by atoms with van der Waals surface area (Å²) in [7, 11) is 1.54. The third-order valence-electron chi connectivity index (χ3n) is 7.36. The number of aromatic nitrogens is 1. The molecule has 1 saturated heterocycles. The number of ether oxygens (including phenoxy) is 3. The van der Waals surface area contributed by atoms with E-state index in [9.17, 15) is 14.0 Å². The van der Waals surface area contributed by atoms with Gasteiger partial charge in [-0.25, -0.2) is 8.78 Å². The first-order valence-electron chi connectivity index (χ1n) is 14.0. The van der Waals surface area contributed by atoms with Crippen LogP contribution in [0.25, 0.3) is 10.9 Å². The Morgan fingerprint density at radius 2 is 1.74 bits per heavy atom. The molecule has 2 amide bonds. The maximum atomic E-state index is 15.4. The van der Waals surface area contributed by atoms with E-state index in [1.54, 1.807) is 43.6 Å². The van der Waals surface area contributed by atoms with Gasteiger partial charge in [-0.05, 0) is 80.2 Å². The number of amides is 2. The lowest BCUT2D eigenvalue weighted by Crippen LogP contribution is -2.41. The van der Waals surface area contributed by atoms with Crippen molar-refractivity contribution in [3.8, 4) is 23.0 Å². The Kier molecular flexibility index (Phi) is 9.31. The fourth-order valence-electron chi connectivity index (χ4n) is 4.98. The molecule has 0 saturated carbocycles. The zero-order valence-electron chi connectivity index (χ0n) is 23.6. The number of benzene rings is 3. The Labute approximate surface area is 247 Å². The molecule has 0 aliphatic carbocycles. The fourth-order valence-corrected chi connectivity index (χ4v) is 4.98. The molecule has 1 aliphatic heterocycles. The topological polar surface area (TPSA) is 116 Å². The van der Waals surface area contributed by atoms with Crippen LogP contribution >= 0.6 is 0 Å². The van der Waals surface area contributed by atoms with Gasteiger partial charge in [0.1, 0.15) is 11.6 Å². The van der Waals surface area contributed by atoms with Gasteiger partial charge in [0.25, 0.3) is 0 Å². The average Bonchev–Trinajstić information content (AvgIpc) is 3.02. The Balaban J connectivity index is 1.36. The van der Waals surface area contributed by atoms with Crippen molar-refractivity contribution in [2.45, 2.75) is 19.3 Å². The highest BCUT2D eigenvalue weighted by Gasteiger charge is 2.23. The summed E-state index contributed by atoms with van der Waals surface area (Å²) >= 11 is 0. The first-order valence-corrected chi connectivity index (χ1v) is 14.0. The molecule has 5 rings (SSSR count). The number of hydrogen-bond acceptors (Lipinski definition) is 7. The summed E-state index contributed by atoms with van der Waals surface area (Å²) in [6.45, 7) is 2.52. The van der Waals surface area contributed by atoms with Crippen molar-refractivity contribution in [3.05, 3.63) is 84.1 Å². The summed E-state index contributed by atoms with van der Waals surface area (Å²) in [5, 5.41) is 3.93. The number of fused-ring (bicyclic) bond motifs is 1. The molecule has 3 aromatic carbocycles.